The SMILES string of the molecule is C[C@@H]1[C@@H](O)C[C@@]23O[C@]4(O)C[C@@]12[C@@H](O)C(=O)O[C@]3(C)[C@@]4(C)O. The third kappa shape index (κ3) is 0.963. The number of carbonyl (C=O) groups excluding carboxylic acids is 1. The van der Waals surface area contributed by atoms with Gasteiger partial charge in [0.2, 0.25) is 0 Å². The van der Waals surface area contributed by atoms with Gasteiger partial charge in [-0.2, -0.15) is 0 Å². The fourth-order valence-corrected chi connectivity index (χ4v) is 5.52. The summed E-state index contributed by atoms with van der Waals surface area (Å²) in [5.74, 6) is -3.23. The Hall–Kier alpha value is -0.730. The van der Waals surface area contributed by atoms with Gasteiger partial charge < -0.3 is 29.9 Å². The lowest BCUT2D eigenvalue weighted by Gasteiger charge is -2.60. The Labute approximate surface area is 121 Å². The summed E-state index contributed by atoms with van der Waals surface area (Å²) in [5.41, 5.74) is -5.82. The van der Waals surface area contributed by atoms with Crippen molar-refractivity contribution >= 4 is 5.97 Å². The number of aliphatic hydroxyl groups is 4. The standard InChI is InChI=1S/C14H20O7/c1-6-7(15)4-13-11(3)10(2,18)14(19,21-13)5-12(6,13)8(16)9(17)20-11/h6-8,15-16,18-19H,4-5H2,1-3H3/t6-,7+,8+,10-,11-,12+,13+,14-/m1/s1. The molecule has 4 fully saturated rings. The third-order valence-corrected chi connectivity index (χ3v) is 6.99. The van der Waals surface area contributed by atoms with Gasteiger partial charge in [0.05, 0.1) is 11.5 Å². The summed E-state index contributed by atoms with van der Waals surface area (Å²) in [6.45, 7) is 4.60. The van der Waals surface area contributed by atoms with Crippen LogP contribution >= 0.6 is 0 Å². The Kier molecular flexibility index (Phi) is 2.08. The molecule has 7 nitrogen and oxygen atoms in total. The minimum atomic E-state index is -1.92. The van der Waals surface area contributed by atoms with E-state index in [1.807, 2.05) is 0 Å². The van der Waals surface area contributed by atoms with Crippen molar-refractivity contribution in [2.24, 2.45) is 11.3 Å². The number of aliphatic hydroxyl groups excluding tert-OH is 2. The second kappa shape index (κ2) is 3.14. The van der Waals surface area contributed by atoms with Gasteiger partial charge in [0.1, 0.15) is 5.60 Å². The molecule has 0 unspecified atom stereocenters. The maximum absolute atomic E-state index is 12.2. The smallest absolute Gasteiger partial charge is 0.336 e. The fourth-order valence-electron chi connectivity index (χ4n) is 5.52. The Morgan fingerprint density at radius 1 is 1.24 bits per heavy atom. The first kappa shape index (κ1) is 13.9. The van der Waals surface area contributed by atoms with Gasteiger partial charge in [-0.1, -0.05) is 6.92 Å². The third-order valence-electron chi connectivity index (χ3n) is 6.99. The van der Waals surface area contributed by atoms with Crippen molar-refractivity contribution in [1.29, 1.82) is 0 Å². The van der Waals surface area contributed by atoms with Crippen LogP contribution in [0, 0.1) is 11.3 Å². The summed E-state index contributed by atoms with van der Waals surface area (Å²) in [6.07, 6.45) is -2.33. The molecule has 3 heterocycles. The molecule has 1 saturated carbocycles. The molecule has 2 bridgehead atoms. The zero-order valence-electron chi connectivity index (χ0n) is 12.2. The minimum Gasteiger partial charge on any atom is -0.451 e. The normalized spacial score (nSPS) is 68.1. The first-order valence-electron chi connectivity index (χ1n) is 7.23. The van der Waals surface area contributed by atoms with Crippen molar-refractivity contribution in [3.8, 4) is 0 Å². The van der Waals surface area contributed by atoms with Gasteiger partial charge in [0, 0.05) is 12.8 Å². The number of hydrogen-bond acceptors (Lipinski definition) is 7. The first-order chi connectivity index (χ1) is 9.49. The Bertz CT molecular complexity index is 562. The van der Waals surface area contributed by atoms with Crippen LogP contribution in [0.5, 0.6) is 0 Å². The van der Waals surface area contributed by atoms with E-state index in [1.54, 1.807) is 6.92 Å². The number of carbonyl (C=O) groups is 1. The molecule has 1 spiro atoms. The lowest BCUT2D eigenvalue weighted by molar-refractivity contribution is -0.294. The molecule has 118 valence electrons. The molecule has 0 aromatic rings. The quantitative estimate of drug-likeness (QED) is 0.409. The second-order valence-electron chi connectivity index (χ2n) is 7.42. The van der Waals surface area contributed by atoms with Crippen LogP contribution in [-0.2, 0) is 14.3 Å². The first-order valence-corrected chi connectivity index (χ1v) is 7.23. The van der Waals surface area contributed by atoms with E-state index in [2.05, 4.69) is 0 Å². The molecule has 4 rings (SSSR count). The molecule has 3 saturated heterocycles. The lowest BCUT2D eigenvalue weighted by atomic mass is 9.50. The lowest BCUT2D eigenvalue weighted by Crippen LogP contribution is -2.79. The van der Waals surface area contributed by atoms with Crippen LogP contribution in [-0.4, -0.2) is 61.2 Å². The van der Waals surface area contributed by atoms with Gasteiger partial charge in [-0.25, -0.2) is 4.79 Å². The molecule has 7 heteroatoms. The van der Waals surface area contributed by atoms with Crippen LogP contribution < -0.4 is 0 Å². The van der Waals surface area contributed by atoms with Crippen LogP contribution in [0.3, 0.4) is 0 Å². The highest BCUT2D eigenvalue weighted by molar-refractivity contribution is 5.79. The minimum absolute atomic E-state index is 0.0907. The van der Waals surface area contributed by atoms with Crippen molar-refractivity contribution in [2.75, 3.05) is 0 Å². The van der Waals surface area contributed by atoms with Crippen molar-refractivity contribution in [2.45, 2.75) is 68.4 Å². The number of esters is 1. The highest BCUT2D eigenvalue weighted by atomic mass is 16.7. The van der Waals surface area contributed by atoms with Gasteiger partial charge >= 0.3 is 5.97 Å². The van der Waals surface area contributed by atoms with E-state index in [1.165, 1.54) is 13.8 Å². The van der Waals surface area contributed by atoms with Crippen LogP contribution in [0.1, 0.15) is 33.6 Å². The molecule has 21 heavy (non-hydrogen) atoms. The molecular weight excluding hydrogens is 280 g/mol. The maximum Gasteiger partial charge on any atom is 0.336 e. The topological polar surface area (TPSA) is 116 Å². The van der Waals surface area contributed by atoms with Crippen LogP contribution in [0.15, 0.2) is 0 Å². The highest BCUT2D eigenvalue weighted by Gasteiger charge is 2.94. The fraction of sp³-hybridized carbons (Fsp3) is 0.929. The Morgan fingerprint density at radius 2 is 1.86 bits per heavy atom. The average Bonchev–Trinajstić information content (AvgIpc) is 2.82. The molecule has 3 aliphatic heterocycles. The van der Waals surface area contributed by atoms with Crippen molar-refractivity contribution in [3.05, 3.63) is 0 Å². The molecule has 8 atom stereocenters. The van der Waals surface area contributed by atoms with E-state index in [9.17, 15) is 25.2 Å². The molecule has 0 aromatic heterocycles. The van der Waals surface area contributed by atoms with Crippen LogP contribution in [0.4, 0.5) is 0 Å². The van der Waals surface area contributed by atoms with Gasteiger partial charge in [-0.15, -0.1) is 0 Å². The van der Waals surface area contributed by atoms with Gasteiger partial charge in [0.15, 0.2) is 23.1 Å². The predicted octanol–water partition coefficient (Wildman–Crippen LogP) is -1.34. The summed E-state index contributed by atoms with van der Waals surface area (Å²) in [7, 11) is 0. The molecule has 4 N–H and O–H groups in total. The van der Waals surface area contributed by atoms with Crippen LogP contribution in [0.25, 0.3) is 0 Å². The summed E-state index contributed by atoms with van der Waals surface area (Å²) < 4.78 is 11.2. The average molecular weight is 300 g/mol. The van der Waals surface area contributed by atoms with E-state index < -0.39 is 52.1 Å². The van der Waals surface area contributed by atoms with E-state index in [0.717, 1.165) is 0 Å². The van der Waals surface area contributed by atoms with E-state index in [0.29, 0.717) is 0 Å². The number of ether oxygens (including phenoxy) is 2. The van der Waals surface area contributed by atoms with Gasteiger partial charge in [-0.05, 0) is 19.8 Å². The number of rotatable bonds is 0. The largest absolute Gasteiger partial charge is 0.451 e. The molecule has 4 aliphatic rings. The molecule has 0 aromatic carbocycles. The Balaban J connectivity index is 2.05. The number of hydrogen-bond donors (Lipinski definition) is 4. The molecule has 0 radical (unpaired) electrons. The number of fused-ring (bicyclic) bond motifs is 1. The summed E-state index contributed by atoms with van der Waals surface area (Å²) in [4.78, 5) is 12.2. The van der Waals surface area contributed by atoms with E-state index in [-0.39, 0.29) is 12.8 Å². The Morgan fingerprint density at radius 3 is 2.48 bits per heavy atom. The van der Waals surface area contributed by atoms with Gasteiger partial charge in [-0.3, -0.25) is 0 Å². The monoisotopic (exact) mass is 300 g/mol. The van der Waals surface area contributed by atoms with Crippen molar-refractivity contribution in [3.63, 3.8) is 0 Å². The molecule has 1 aliphatic carbocycles. The van der Waals surface area contributed by atoms with Gasteiger partial charge in [0.25, 0.3) is 0 Å². The van der Waals surface area contributed by atoms with E-state index in [4.69, 9.17) is 9.47 Å². The van der Waals surface area contributed by atoms with Crippen LogP contribution in [0.2, 0.25) is 0 Å². The zero-order chi connectivity index (χ0) is 15.6. The summed E-state index contributed by atoms with van der Waals surface area (Å²) >= 11 is 0. The van der Waals surface area contributed by atoms with E-state index >= 15 is 0 Å². The van der Waals surface area contributed by atoms with Crippen molar-refractivity contribution in [1.82, 2.24) is 0 Å². The summed E-state index contributed by atoms with van der Waals surface area (Å²) in [6, 6.07) is 0. The second-order valence-corrected chi connectivity index (χ2v) is 7.42. The van der Waals surface area contributed by atoms with Crippen molar-refractivity contribution < 1.29 is 34.7 Å². The zero-order valence-corrected chi connectivity index (χ0v) is 12.2. The predicted molar refractivity (Wildman–Crippen MR) is 66.7 cm³/mol. The molecular formula is C14H20O7. The maximum atomic E-state index is 12.2. The molecule has 0 amide bonds. The summed E-state index contributed by atoms with van der Waals surface area (Å²) in [5, 5.41) is 42.4. The highest BCUT2D eigenvalue weighted by Crippen LogP contribution is 2.78.